The van der Waals surface area contributed by atoms with Gasteiger partial charge in [0.15, 0.2) is 0 Å². The molecule has 106 valence electrons. The van der Waals surface area contributed by atoms with Crippen molar-refractivity contribution in [3.63, 3.8) is 0 Å². The molecule has 0 aromatic rings. The largest absolute Gasteiger partial charge is 0.379 e. The van der Waals surface area contributed by atoms with Gasteiger partial charge >= 0.3 is 0 Å². The van der Waals surface area contributed by atoms with Gasteiger partial charge in [-0.3, -0.25) is 0 Å². The number of rotatable bonds is 6. The molecule has 18 heavy (non-hydrogen) atoms. The Kier molecular flexibility index (Phi) is 4.08. The lowest BCUT2D eigenvalue weighted by atomic mass is 9.69. The van der Waals surface area contributed by atoms with E-state index in [-0.39, 0.29) is 0 Å². The van der Waals surface area contributed by atoms with Crippen LogP contribution < -0.4 is 5.32 Å². The van der Waals surface area contributed by atoms with Crippen molar-refractivity contribution in [3.8, 4) is 0 Å². The monoisotopic (exact) mass is 253 g/mol. The van der Waals surface area contributed by atoms with Crippen molar-refractivity contribution in [2.24, 2.45) is 16.7 Å². The van der Waals surface area contributed by atoms with E-state index in [0.717, 1.165) is 31.5 Å². The summed E-state index contributed by atoms with van der Waals surface area (Å²) in [6.07, 6.45) is 5.73. The first-order valence-corrected chi connectivity index (χ1v) is 7.73. The molecule has 2 rings (SSSR count). The maximum atomic E-state index is 5.59. The highest BCUT2D eigenvalue weighted by molar-refractivity contribution is 5.12. The molecule has 1 N–H and O–H groups in total. The highest BCUT2D eigenvalue weighted by atomic mass is 16.5. The van der Waals surface area contributed by atoms with Crippen LogP contribution in [-0.4, -0.2) is 25.3 Å². The minimum atomic E-state index is 0.365. The first-order chi connectivity index (χ1) is 8.38. The van der Waals surface area contributed by atoms with E-state index >= 15 is 0 Å². The van der Waals surface area contributed by atoms with Gasteiger partial charge in [0.25, 0.3) is 0 Å². The van der Waals surface area contributed by atoms with Gasteiger partial charge in [0.05, 0.1) is 6.10 Å². The van der Waals surface area contributed by atoms with Crippen molar-refractivity contribution in [3.05, 3.63) is 0 Å². The van der Waals surface area contributed by atoms with Crippen LogP contribution in [0, 0.1) is 16.7 Å². The molecule has 3 atom stereocenters. The standard InChI is InChI=1S/C16H31NO/c1-12(2)18-10-6-9-17-14-11-13-7-8-16(14,5)15(13,3)4/h12-14,17H,6-11H2,1-5H3. The van der Waals surface area contributed by atoms with Gasteiger partial charge in [-0.2, -0.15) is 0 Å². The molecule has 0 amide bonds. The van der Waals surface area contributed by atoms with Crippen molar-refractivity contribution in [1.29, 1.82) is 0 Å². The van der Waals surface area contributed by atoms with Gasteiger partial charge in [-0.25, -0.2) is 0 Å². The molecule has 2 bridgehead atoms. The molecule has 2 aliphatic rings. The van der Waals surface area contributed by atoms with Crippen LogP contribution in [-0.2, 0) is 4.74 Å². The molecule has 2 aliphatic carbocycles. The highest BCUT2D eigenvalue weighted by Gasteiger charge is 2.60. The summed E-state index contributed by atoms with van der Waals surface area (Å²) in [4.78, 5) is 0. The molecule has 2 saturated carbocycles. The number of hydrogen-bond acceptors (Lipinski definition) is 2. The highest BCUT2D eigenvalue weighted by Crippen LogP contribution is 2.65. The van der Waals surface area contributed by atoms with E-state index in [1.807, 2.05) is 0 Å². The lowest BCUT2D eigenvalue weighted by Gasteiger charge is -2.39. The maximum Gasteiger partial charge on any atom is 0.0518 e. The Morgan fingerprint density at radius 2 is 2.00 bits per heavy atom. The fourth-order valence-electron chi connectivity index (χ4n) is 4.18. The summed E-state index contributed by atoms with van der Waals surface area (Å²) < 4.78 is 5.59. The second-order valence-corrected chi connectivity index (χ2v) is 7.39. The van der Waals surface area contributed by atoms with Crippen LogP contribution in [0.1, 0.15) is 60.3 Å². The number of nitrogens with one attached hydrogen (secondary N) is 1. The van der Waals surface area contributed by atoms with Crippen LogP contribution in [0.5, 0.6) is 0 Å². The molecular formula is C16H31NO. The minimum absolute atomic E-state index is 0.365. The molecule has 0 saturated heterocycles. The summed E-state index contributed by atoms with van der Waals surface area (Å²) in [6.45, 7) is 13.7. The van der Waals surface area contributed by atoms with E-state index < -0.39 is 0 Å². The maximum absolute atomic E-state index is 5.59. The Balaban J connectivity index is 1.75. The topological polar surface area (TPSA) is 21.3 Å². The van der Waals surface area contributed by atoms with Crippen LogP contribution in [0.25, 0.3) is 0 Å². The smallest absolute Gasteiger partial charge is 0.0518 e. The first kappa shape index (κ1) is 14.3. The molecule has 0 aliphatic heterocycles. The van der Waals surface area contributed by atoms with Gasteiger partial charge in [-0.15, -0.1) is 0 Å². The minimum Gasteiger partial charge on any atom is -0.379 e. The van der Waals surface area contributed by atoms with Crippen molar-refractivity contribution >= 4 is 0 Å². The van der Waals surface area contributed by atoms with Gasteiger partial charge in [-0.05, 0) is 62.8 Å². The molecule has 3 unspecified atom stereocenters. The molecular weight excluding hydrogens is 222 g/mol. The quantitative estimate of drug-likeness (QED) is 0.730. The van der Waals surface area contributed by atoms with Crippen molar-refractivity contribution in [2.45, 2.75) is 72.4 Å². The second-order valence-electron chi connectivity index (χ2n) is 7.39. The first-order valence-electron chi connectivity index (χ1n) is 7.73. The summed E-state index contributed by atoms with van der Waals surface area (Å²) in [5.74, 6) is 0.937. The number of fused-ring (bicyclic) bond motifs is 2. The summed E-state index contributed by atoms with van der Waals surface area (Å²) in [5, 5.41) is 3.80. The lowest BCUT2D eigenvalue weighted by molar-refractivity contribution is 0.0739. The summed E-state index contributed by atoms with van der Waals surface area (Å²) in [6, 6.07) is 0.727. The van der Waals surface area contributed by atoms with E-state index in [9.17, 15) is 0 Å². The predicted molar refractivity (Wildman–Crippen MR) is 76.7 cm³/mol. The zero-order chi connectivity index (χ0) is 13.4. The number of hydrogen-bond donors (Lipinski definition) is 1. The van der Waals surface area contributed by atoms with Crippen molar-refractivity contribution < 1.29 is 4.74 Å². The van der Waals surface area contributed by atoms with E-state index in [1.165, 1.54) is 19.3 Å². The molecule has 0 heterocycles. The molecule has 2 nitrogen and oxygen atoms in total. The Labute approximate surface area is 113 Å². The van der Waals surface area contributed by atoms with E-state index in [1.54, 1.807) is 0 Å². The zero-order valence-electron chi connectivity index (χ0n) is 12.9. The molecule has 0 radical (unpaired) electrons. The summed E-state index contributed by atoms with van der Waals surface area (Å²) in [7, 11) is 0. The summed E-state index contributed by atoms with van der Waals surface area (Å²) in [5.41, 5.74) is 1.04. The van der Waals surface area contributed by atoms with Gasteiger partial charge in [-0.1, -0.05) is 20.8 Å². The van der Waals surface area contributed by atoms with E-state index in [4.69, 9.17) is 4.74 Å². The lowest BCUT2D eigenvalue weighted by Crippen LogP contribution is -2.44. The van der Waals surface area contributed by atoms with E-state index in [0.29, 0.717) is 16.9 Å². The fraction of sp³-hybridized carbons (Fsp3) is 1.00. The van der Waals surface area contributed by atoms with Gasteiger partial charge in [0.1, 0.15) is 0 Å². The van der Waals surface area contributed by atoms with Crippen LogP contribution in [0.15, 0.2) is 0 Å². The average molecular weight is 253 g/mol. The van der Waals surface area contributed by atoms with Crippen molar-refractivity contribution in [2.75, 3.05) is 13.2 Å². The molecule has 2 heteroatoms. The van der Waals surface area contributed by atoms with Crippen molar-refractivity contribution in [1.82, 2.24) is 5.32 Å². The van der Waals surface area contributed by atoms with Crippen LogP contribution in [0.4, 0.5) is 0 Å². The Hall–Kier alpha value is -0.0800. The third kappa shape index (κ3) is 2.34. The molecule has 2 fully saturated rings. The van der Waals surface area contributed by atoms with Gasteiger partial charge < -0.3 is 10.1 Å². The zero-order valence-corrected chi connectivity index (χ0v) is 12.9. The third-order valence-corrected chi connectivity index (χ3v) is 5.96. The molecule has 0 aromatic carbocycles. The molecule has 0 aromatic heterocycles. The normalized spacial score (nSPS) is 37.7. The Bertz CT molecular complexity index is 287. The second kappa shape index (κ2) is 5.13. The summed E-state index contributed by atoms with van der Waals surface area (Å²) >= 11 is 0. The Morgan fingerprint density at radius 1 is 1.28 bits per heavy atom. The van der Waals surface area contributed by atoms with Gasteiger partial charge in [0.2, 0.25) is 0 Å². The van der Waals surface area contributed by atoms with Crippen LogP contribution in [0.2, 0.25) is 0 Å². The SMILES string of the molecule is CC(C)OCCCNC1CC2CCC1(C)C2(C)C. The van der Waals surface area contributed by atoms with E-state index in [2.05, 4.69) is 39.9 Å². The van der Waals surface area contributed by atoms with Crippen LogP contribution in [0.3, 0.4) is 0 Å². The Morgan fingerprint density at radius 3 is 2.50 bits per heavy atom. The van der Waals surface area contributed by atoms with Crippen LogP contribution >= 0.6 is 0 Å². The number of ether oxygens (including phenoxy) is 1. The third-order valence-electron chi connectivity index (χ3n) is 5.96. The van der Waals surface area contributed by atoms with Gasteiger partial charge in [0, 0.05) is 12.6 Å². The fourth-order valence-corrected chi connectivity index (χ4v) is 4.18. The molecule has 0 spiro atoms. The predicted octanol–water partition coefficient (Wildman–Crippen LogP) is 3.61. The average Bonchev–Trinajstić information content (AvgIpc) is 2.61.